The maximum Gasteiger partial charge on any atom is 0.260 e. The van der Waals surface area contributed by atoms with Crippen molar-refractivity contribution in [2.24, 2.45) is 5.92 Å². The van der Waals surface area contributed by atoms with Crippen molar-refractivity contribution >= 4 is 15.7 Å². The standard InChI is InChI=1S/C15H19F2NO3S/c1-10(2)8-18(11-6-7-22(20,21)9-11)15(19)14-12(16)4-3-5-13(14)17/h3-5,10-11H,6-9H2,1-2H3/t11-/m1/s1. The second-order valence-corrected chi connectivity index (χ2v) is 8.23. The van der Waals surface area contributed by atoms with Crippen LogP contribution in [0, 0.1) is 17.6 Å². The minimum atomic E-state index is -3.19. The van der Waals surface area contributed by atoms with Crippen LogP contribution >= 0.6 is 0 Å². The van der Waals surface area contributed by atoms with E-state index in [9.17, 15) is 22.0 Å². The highest BCUT2D eigenvalue weighted by Crippen LogP contribution is 2.23. The highest BCUT2D eigenvalue weighted by Gasteiger charge is 2.36. The van der Waals surface area contributed by atoms with Crippen molar-refractivity contribution in [1.82, 2.24) is 4.90 Å². The molecule has 0 bridgehead atoms. The van der Waals surface area contributed by atoms with Crippen molar-refractivity contribution in [2.45, 2.75) is 26.3 Å². The van der Waals surface area contributed by atoms with E-state index in [2.05, 4.69) is 0 Å². The average molecular weight is 331 g/mol. The molecule has 7 heteroatoms. The fourth-order valence-electron chi connectivity index (χ4n) is 2.66. The van der Waals surface area contributed by atoms with Crippen LogP contribution in [0.2, 0.25) is 0 Å². The molecule has 1 aliphatic rings. The first-order valence-electron chi connectivity index (χ1n) is 7.16. The van der Waals surface area contributed by atoms with Gasteiger partial charge in [-0.1, -0.05) is 19.9 Å². The molecule has 0 aromatic heterocycles. The summed E-state index contributed by atoms with van der Waals surface area (Å²) >= 11 is 0. The SMILES string of the molecule is CC(C)CN(C(=O)c1c(F)cccc1F)[C@@H]1CCS(=O)(=O)C1. The Balaban J connectivity index is 2.35. The number of hydrogen-bond donors (Lipinski definition) is 0. The van der Waals surface area contributed by atoms with Crippen molar-refractivity contribution < 1.29 is 22.0 Å². The third kappa shape index (κ3) is 3.63. The van der Waals surface area contributed by atoms with Gasteiger partial charge in [-0.3, -0.25) is 4.79 Å². The summed E-state index contributed by atoms with van der Waals surface area (Å²) in [4.78, 5) is 13.9. The molecule has 0 spiro atoms. The van der Waals surface area contributed by atoms with E-state index in [1.807, 2.05) is 13.8 Å². The van der Waals surface area contributed by atoms with Gasteiger partial charge < -0.3 is 4.90 Å². The second-order valence-electron chi connectivity index (χ2n) is 6.00. The number of hydrogen-bond acceptors (Lipinski definition) is 3. The number of sulfone groups is 1. The molecule has 1 aromatic rings. The summed E-state index contributed by atoms with van der Waals surface area (Å²) in [5, 5.41) is 0. The fraction of sp³-hybridized carbons (Fsp3) is 0.533. The summed E-state index contributed by atoms with van der Waals surface area (Å²) in [6.45, 7) is 3.98. The van der Waals surface area contributed by atoms with Gasteiger partial charge in [0, 0.05) is 12.6 Å². The molecule has 0 radical (unpaired) electrons. The number of nitrogens with zero attached hydrogens (tertiary/aromatic N) is 1. The van der Waals surface area contributed by atoms with Gasteiger partial charge >= 0.3 is 0 Å². The summed E-state index contributed by atoms with van der Waals surface area (Å²) in [6, 6.07) is 2.71. The van der Waals surface area contributed by atoms with E-state index >= 15 is 0 Å². The minimum absolute atomic E-state index is 0.000699. The third-order valence-corrected chi connectivity index (χ3v) is 5.40. The zero-order valence-corrected chi connectivity index (χ0v) is 13.4. The molecule has 1 aromatic carbocycles. The van der Waals surface area contributed by atoms with Gasteiger partial charge in [0.2, 0.25) is 0 Å². The van der Waals surface area contributed by atoms with Crippen LogP contribution < -0.4 is 0 Å². The Kier molecular flexibility index (Phi) is 4.84. The summed E-state index contributed by atoms with van der Waals surface area (Å²) in [6.07, 6.45) is 0.302. The van der Waals surface area contributed by atoms with Crippen LogP contribution in [0.5, 0.6) is 0 Å². The molecule has 1 saturated heterocycles. The lowest BCUT2D eigenvalue weighted by Gasteiger charge is -2.30. The molecule has 1 atom stereocenters. The molecule has 1 aliphatic heterocycles. The first-order valence-corrected chi connectivity index (χ1v) is 8.99. The van der Waals surface area contributed by atoms with Crippen LogP contribution in [0.15, 0.2) is 18.2 Å². The van der Waals surface area contributed by atoms with Crippen molar-refractivity contribution in [3.05, 3.63) is 35.4 Å². The highest BCUT2D eigenvalue weighted by atomic mass is 32.2. The van der Waals surface area contributed by atoms with Crippen molar-refractivity contribution in [1.29, 1.82) is 0 Å². The molecule has 2 rings (SSSR count). The van der Waals surface area contributed by atoms with Crippen LogP contribution in [-0.2, 0) is 9.84 Å². The molecule has 4 nitrogen and oxygen atoms in total. The maximum absolute atomic E-state index is 13.8. The van der Waals surface area contributed by atoms with E-state index in [1.54, 1.807) is 0 Å². The third-order valence-electron chi connectivity index (χ3n) is 3.65. The molecular weight excluding hydrogens is 312 g/mol. The van der Waals surface area contributed by atoms with Crippen LogP contribution in [0.4, 0.5) is 8.78 Å². The Hall–Kier alpha value is -1.50. The Morgan fingerprint density at radius 3 is 2.36 bits per heavy atom. The summed E-state index contributed by atoms with van der Waals surface area (Å²) < 4.78 is 50.9. The van der Waals surface area contributed by atoms with Gasteiger partial charge in [-0.2, -0.15) is 0 Å². The predicted octanol–water partition coefficient (Wildman–Crippen LogP) is 2.25. The summed E-state index contributed by atoms with van der Waals surface area (Å²) in [5.41, 5.74) is -0.618. The lowest BCUT2D eigenvalue weighted by molar-refractivity contribution is 0.0662. The highest BCUT2D eigenvalue weighted by molar-refractivity contribution is 7.91. The molecule has 22 heavy (non-hydrogen) atoms. The Morgan fingerprint density at radius 2 is 1.91 bits per heavy atom. The van der Waals surface area contributed by atoms with Gasteiger partial charge in [-0.05, 0) is 24.5 Å². The molecule has 0 aliphatic carbocycles. The molecule has 0 saturated carbocycles. The molecule has 122 valence electrons. The zero-order valence-electron chi connectivity index (χ0n) is 12.6. The number of amides is 1. The van der Waals surface area contributed by atoms with Gasteiger partial charge in [0.25, 0.3) is 5.91 Å². The molecule has 1 heterocycles. The molecular formula is C15H19F2NO3S. The fourth-order valence-corrected chi connectivity index (χ4v) is 4.39. The van der Waals surface area contributed by atoms with E-state index in [0.29, 0.717) is 6.42 Å². The Bertz CT molecular complexity index is 653. The molecule has 0 N–H and O–H groups in total. The van der Waals surface area contributed by atoms with E-state index in [1.165, 1.54) is 11.0 Å². The molecule has 0 unspecified atom stereocenters. The first-order chi connectivity index (χ1) is 10.2. The lowest BCUT2D eigenvalue weighted by Crippen LogP contribution is -2.44. The Morgan fingerprint density at radius 1 is 1.32 bits per heavy atom. The van der Waals surface area contributed by atoms with Crippen LogP contribution in [0.3, 0.4) is 0 Å². The number of carbonyl (C=O) groups excluding carboxylic acids is 1. The predicted molar refractivity (Wildman–Crippen MR) is 79.3 cm³/mol. The van der Waals surface area contributed by atoms with Gasteiger partial charge in [0.05, 0.1) is 11.5 Å². The van der Waals surface area contributed by atoms with Gasteiger partial charge in [-0.25, -0.2) is 17.2 Å². The second kappa shape index (κ2) is 6.32. The van der Waals surface area contributed by atoms with Crippen LogP contribution in [-0.4, -0.2) is 43.3 Å². The molecule has 1 fully saturated rings. The maximum atomic E-state index is 13.8. The van der Waals surface area contributed by atoms with E-state index in [4.69, 9.17) is 0 Å². The first kappa shape index (κ1) is 16.9. The van der Waals surface area contributed by atoms with Gasteiger partial charge in [0.15, 0.2) is 9.84 Å². The van der Waals surface area contributed by atoms with Gasteiger partial charge in [0.1, 0.15) is 17.2 Å². The van der Waals surface area contributed by atoms with Crippen molar-refractivity contribution in [3.63, 3.8) is 0 Å². The number of carbonyl (C=O) groups is 1. The minimum Gasteiger partial charge on any atom is -0.334 e. The van der Waals surface area contributed by atoms with Crippen LogP contribution in [0.1, 0.15) is 30.6 Å². The van der Waals surface area contributed by atoms with Gasteiger partial charge in [-0.15, -0.1) is 0 Å². The topological polar surface area (TPSA) is 54.5 Å². The van der Waals surface area contributed by atoms with Crippen LogP contribution in [0.25, 0.3) is 0 Å². The van der Waals surface area contributed by atoms with E-state index < -0.39 is 39.0 Å². The zero-order chi connectivity index (χ0) is 16.5. The van der Waals surface area contributed by atoms with Crippen molar-refractivity contribution in [2.75, 3.05) is 18.1 Å². The van der Waals surface area contributed by atoms with E-state index in [-0.39, 0.29) is 24.0 Å². The number of halogens is 2. The molecule has 1 amide bonds. The smallest absolute Gasteiger partial charge is 0.260 e. The van der Waals surface area contributed by atoms with E-state index in [0.717, 1.165) is 12.1 Å². The average Bonchev–Trinajstić information content (AvgIpc) is 2.75. The Labute approximate surface area is 129 Å². The summed E-state index contributed by atoms with van der Waals surface area (Å²) in [7, 11) is -3.19. The normalized spacial score (nSPS) is 20.3. The van der Waals surface area contributed by atoms with Crippen molar-refractivity contribution in [3.8, 4) is 0 Å². The number of rotatable bonds is 4. The quantitative estimate of drug-likeness (QED) is 0.850. The number of benzene rings is 1. The largest absolute Gasteiger partial charge is 0.334 e. The monoisotopic (exact) mass is 331 g/mol. The summed E-state index contributed by atoms with van der Waals surface area (Å²) in [5.74, 6) is -2.74. The lowest BCUT2D eigenvalue weighted by atomic mass is 10.1.